The number of anilines is 1. The van der Waals surface area contributed by atoms with Gasteiger partial charge in [0.1, 0.15) is 5.56 Å². The van der Waals surface area contributed by atoms with Crippen molar-refractivity contribution in [1.82, 2.24) is 0 Å². The molecule has 0 saturated heterocycles. The van der Waals surface area contributed by atoms with Crippen molar-refractivity contribution in [2.45, 2.75) is 33.6 Å². The lowest BCUT2D eigenvalue weighted by molar-refractivity contribution is 0.102. The number of ether oxygens (including phenoxy) is 1. The molecular weight excluding hydrogens is 342 g/mol. The van der Waals surface area contributed by atoms with Crippen molar-refractivity contribution in [2.24, 2.45) is 0 Å². The molecule has 1 heterocycles. The van der Waals surface area contributed by atoms with Gasteiger partial charge in [-0.3, -0.25) is 4.79 Å². The summed E-state index contributed by atoms with van der Waals surface area (Å²) in [5, 5.41) is 3.56. The Labute approximate surface area is 158 Å². The first-order valence-electron chi connectivity index (χ1n) is 9.20. The second-order valence-corrected chi connectivity index (χ2v) is 6.17. The zero-order valence-electron chi connectivity index (χ0n) is 15.8. The molecule has 3 aromatic rings. The number of hydrogen-bond acceptors (Lipinski definition) is 4. The maximum atomic E-state index is 12.8. The molecule has 2 aromatic carbocycles. The Morgan fingerprint density at radius 2 is 1.70 bits per heavy atom. The molecule has 0 atom stereocenters. The third kappa shape index (κ3) is 3.72. The molecule has 1 amide bonds. The van der Waals surface area contributed by atoms with Crippen molar-refractivity contribution < 1.29 is 13.9 Å². The molecule has 140 valence electrons. The molecule has 0 aliphatic carbocycles. The molecule has 3 rings (SSSR count). The fourth-order valence-corrected chi connectivity index (χ4v) is 3.13. The van der Waals surface area contributed by atoms with Crippen LogP contribution in [-0.2, 0) is 12.8 Å². The normalized spacial score (nSPS) is 10.8. The quantitative estimate of drug-likeness (QED) is 0.650. The zero-order chi connectivity index (χ0) is 19.4. The molecule has 0 aliphatic rings. The Kier molecular flexibility index (Phi) is 5.60. The number of carbonyl (C=O) groups is 1. The van der Waals surface area contributed by atoms with E-state index in [1.54, 1.807) is 24.3 Å². The van der Waals surface area contributed by atoms with Crippen molar-refractivity contribution in [3.63, 3.8) is 0 Å². The lowest BCUT2D eigenvalue weighted by Gasteiger charge is -2.14. The van der Waals surface area contributed by atoms with Gasteiger partial charge in [-0.15, -0.1) is 0 Å². The van der Waals surface area contributed by atoms with Crippen LogP contribution >= 0.6 is 0 Å². The van der Waals surface area contributed by atoms with Crippen LogP contribution in [0.4, 0.5) is 5.69 Å². The van der Waals surface area contributed by atoms with Crippen LogP contribution in [0.25, 0.3) is 11.0 Å². The zero-order valence-corrected chi connectivity index (χ0v) is 15.8. The molecule has 27 heavy (non-hydrogen) atoms. The summed E-state index contributed by atoms with van der Waals surface area (Å²) >= 11 is 0. The van der Waals surface area contributed by atoms with Crippen LogP contribution in [0, 0.1) is 0 Å². The van der Waals surface area contributed by atoms with Gasteiger partial charge in [0.05, 0.1) is 6.61 Å². The first-order valence-corrected chi connectivity index (χ1v) is 9.20. The minimum Gasteiger partial charge on any atom is -0.490 e. The van der Waals surface area contributed by atoms with Gasteiger partial charge in [0.25, 0.3) is 5.91 Å². The van der Waals surface area contributed by atoms with Gasteiger partial charge < -0.3 is 14.5 Å². The predicted molar refractivity (Wildman–Crippen MR) is 107 cm³/mol. The van der Waals surface area contributed by atoms with Gasteiger partial charge in [-0.2, -0.15) is 0 Å². The first-order chi connectivity index (χ1) is 13.1. The smallest absolute Gasteiger partial charge is 0.349 e. The Morgan fingerprint density at radius 1 is 1.04 bits per heavy atom. The largest absolute Gasteiger partial charge is 0.490 e. The number of rotatable bonds is 6. The first kappa shape index (κ1) is 18.7. The summed E-state index contributed by atoms with van der Waals surface area (Å²) in [5.41, 5.74) is 2.49. The SMILES string of the molecule is CCOc1cccc2cc(C(=O)Nc3c(CC)cccc3CC)c(=O)oc12. The number of fused-ring (bicyclic) bond motifs is 1. The molecule has 0 radical (unpaired) electrons. The number of nitrogens with one attached hydrogen (secondary N) is 1. The van der Waals surface area contributed by atoms with Crippen LogP contribution in [0.2, 0.25) is 0 Å². The number of hydrogen-bond donors (Lipinski definition) is 1. The minimum absolute atomic E-state index is 0.0240. The van der Waals surface area contributed by atoms with E-state index in [4.69, 9.17) is 9.15 Å². The van der Waals surface area contributed by atoms with Crippen molar-refractivity contribution in [2.75, 3.05) is 11.9 Å². The van der Waals surface area contributed by atoms with Gasteiger partial charge in [0, 0.05) is 11.1 Å². The predicted octanol–water partition coefficient (Wildman–Crippen LogP) is 4.57. The van der Waals surface area contributed by atoms with Crippen LogP contribution in [0.1, 0.15) is 42.3 Å². The van der Waals surface area contributed by atoms with Gasteiger partial charge in [-0.05, 0) is 43.0 Å². The number of aryl methyl sites for hydroxylation is 2. The highest BCUT2D eigenvalue weighted by Gasteiger charge is 2.18. The third-order valence-electron chi connectivity index (χ3n) is 4.51. The lowest BCUT2D eigenvalue weighted by Crippen LogP contribution is -2.22. The van der Waals surface area contributed by atoms with Crippen LogP contribution < -0.4 is 15.7 Å². The Bertz CT molecular complexity index is 1010. The molecule has 0 fully saturated rings. The van der Waals surface area contributed by atoms with E-state index in [0.717, 1.165) is 29.7 Å². The highest BCUT2D eigenvalue weighted by atomic mass is 16.5. The van der Waals surface area contributed by atoms with E-state index >= 15 is 0 Å². The minimum atomic E-state index is -0.681. The van der Waals surface area contributed by atoms with E-state index in [2.05, 4.69) is 5.32 Å². The summed E-state index contributed by atoms with van der Waals surface area (Å²) in [7, 11) is 0. The van der Waals surface area contributed by atoms with Gasteiger partial charge in [-0.25, -0.2) is 4.79 Å². The lowest BCUT2D eigenvalue weighted by atomic mass is 10.0. The molecule has 0 bridgehead atoms. The van der Waals surface area contributed by atoms with Crippen molar-refractivity contribution in [1.29, 1.82) is 0 Å². The van der Waals surface area contributed by atoms with E-state index < -0.39 is 11.5 Å². The Balaban J connectivity index is 2.02. The second-order valence-electron chi connectivity index (χ2n) is 6.17. The number of benzene rings is 2. The summed E-state index contributed by atoms with van der Waals surface area (Å²) in [5.74, 6) is 0.0201. The average molecular weight is 365 g/mol. The Morgan fingerprint density at radius 3 is 2.33 bits per heavy atom. The van der Waals surface area contributed by atoms with E-state index in [9.17, 15) is 9.59 Å². The summed E-state index contributed by atoms with van der Waals surface area (Å²) in [6, 6.07) is 12.8. The van der Waals surface area contributed by atoms with Gasteiger partial charge in [0.2, 0.25) is 0 Å². The van der Waals surface area contributed by atoms with E-state index in [1.165, 1.54) is 0 Å². The fourth-order valence-electron chi connectivity index (χ4n) is 3.13. The van der Waals surface area contributed by atoms with Gasteiger partial charge in [-0.1, -0.05) is 44.2 Å². The molecule has 1 N–H and O–H groups in total. The number of amides is 1. The van der Waals surface area contributed by atoms with Gasteiger partial charge >= 0.3 is 5.63 Å². The molecular formula is C22H23NO4. The van der Waals surface area contributed by atoms with Crippen molar-refractivity contribution >= 4 is 22.6 Å². The molecule has 5 heteroatoms. The van der Waals surface area contributed by atoms with Crippen LogP contribution in [-0.4, -0.2) is 12.5 Å². The molecule has 5 nitrogen and oxygen atoms in total. The molecule has 0 spiro atoms. The van der Waals surface area contributed by atoms with Gasteiger partial charge in [0.15, 0.2) is 11.3 Å². The molecule has 0 unspecified atom stereocenters. The summed E-state index contributed by atoms with van der Waals surface area (Å²) in [6.45, 7) is 6.38. The maximum Gasteiger partial charge on any atom is 0.349 e. The fraction of sp³-hybridized carbons (Fsp3) is 0.273. The topological polar surface area (TPSA) is 68.5 Å². The number of carbonyl (C=O) groups excluding carboxylic acids is 1. The van der Waals surface area contributed by atoms with E-state index in [1.807, 2.05) is 39.0 Å². The van der Waals surface area contributed by atoms with Crippen molar-refractivity contribution in [3.8, 4) is 5.75 Å². The average Bonchev–Trinajstić information content (AvgIpc) is 2.68. The van der Waals surface area contributed by atoms with E-state index in [-0.39, 0.29) is 5.56 Å². The highest BCUT2D eigenvalue weighted by Crippen LogP contribution is 2.26. The summed E-state index contributed by atoms with van der Waals surface area (Å²) in [6.07, 6.45) is 1.57. The maximum absolute atomic E-state index is 12.8. The highest BCUT2D eigenvalue weighted by molar-refractivity contribution is 6.06. The Hall–Kier alpha value is -3.08. The third-order valence-corrected chi connectivity index (χ3v) is 4.51. The summed E-state index contributed by atoms with van der Waals surface area (Å²) in [4.78, 5) is 25.3. The van der Waals surface area contributed by atoms with Crippen LogP contribution in [0.5, 0.6) is 5.75 Å². The second kappa shape index (κ2) is 8.08. The molecule has 0 aliphatic heterocycles. The van der Waals surface area contributed by atoms with E-state index in [0.29, 0.717) is 23.3 Å². The van der Waals surface area contributed by atoms with Crippen LogP contribution in [0.3, 0.4) is 0 Å². The summed E-state index contributed by atoms with van der Waals surface area (Å²) < 4.78 is 10.9. The van der Waals surface area contributed by atoms with Crippen molar-refractivity contribution in [3.05, 3.63) is 69.6 Å². The molecule has 1 aromatic heterocycles. The van der Waals surface area contributed by atoms with Crippen LogP contribution in [0.15, 0.2) is 51.7 Å². The molecule has 0 saturated carbocycles. The standard InChI is InChI=1S/C22H23NO4/c1-4-14-9-7-10-15(5-2)19(14)23-21(24)17-13-16-11-8-12-18(26-6-3)20(16)27-22(17)25/h7-13H,4-6H2,1-3H3,(H,23,24). The number of para-hydroxylation sites is 2. The monoisotopic (exact) mass is 365 g/mol.